The summed E-state index contributed by atoms with van der Waals surface area (Å²) >= 11 is 0. The van der Waals surface area contributed by atoms with Crippen LogP contribution in [0.3, 0.4) is 0 Å². The molecule has 1 aromatic carbocycles. The molecule has 2 aromatic heterocycles. The summed E-state index contributed by atoms with van der Waals surface area (Å²) < 4.78 is 2.18. The van der Waals surface area contributed by atoms with Crippen LogP contribution in [0.15, 0.2) is 23.0 Å². The number of carboxylic acids is 1. The van der Waals surface area contributed by atoms with E-state index >= 15 is 0 Å². The fourth-order valence-corrected chi connectivity index (χ4v) is 4.59. The molecule has 2 heterocycles. The number of pyridine rings is 1. The first kappa shape index (κ1) is 20.2. The van der Waals surface area contributed by atoms with Gasteiger partial charge in [-0.3, -0.25) is 4.79 Å². The van der Waals surface area contributed by atoms with Crippen molar-refractivity contribution >= 4 is 16.9 Å². The third-order valence-electron chi connectivity index (χ3n) is 6.20. The standard InChI is InChI=1S/C23H27N3O4/c1-4-9-24-11-13-10-16-14-6-5-12(2)18-20(15(14)7-8-17(16)26(13)3)25-22(28)19(21(18)27)23(29)30/h7-8,10,12,24H,4-6,9,11H2,1-3H3,(H,29,30)(H2,25,27,28). The van der Waals surface area contributed by atoms with E-state index in [4.69, 9.17) is 0 Å². The summed E-state index contributed by atoms with van der Waals surface area (Å²) in [6.07, 6.45) is 2.59. The SMILES string of the molecule is CCCNCc1cc2c3c(ccc2n1C)-c1[nH]c(=O)c(C(=O)O)c(O)c1C(C)CC3. The van der Waals surface area contributed by atoms with Crippen molar-refractivity contribution in [1.82, 2.24) is 14.9 Å². The van der Waals surface area contributed by atoms with Gasteiger partial charge in [0.25, 0.3) is 5.56 Å². The highest BCUT2D eigenvalue weighted by Gasteiger charge is 2.29. The van der Waals surface area contributed by atoms with Crippen LogP contribution in [0.25, 0.3) is 22.2 Å². The second kappa shape index (κ2) is 7.65. The van der Waals surface area contributed by atoms with Gasteiger partial charge in [-0.2, -0.15) is 0 Å². The summed E-state index contributed by atoms with van der Waals surface area (Å²) in [5.74, 6) is -1.93. The third-order valence-corrected chi connectivity index (χ3v) is 6.20. The van der Waals surface area contributed by atoms with E-state index in [9.17, 15) is 19.8 Å². The van der Waals surface area contributed by atoms with E-state index in [0.29, 0.717) is 11.3 Å². The first-order valence-electron chi connectivity index (χ1n) is 10.4. The molecule has 3 aromatic rings. The molecule has 0 aliphatic heterocycles. The summed E-state index contributed by atoms with van der Waals surface area (Å²) in [5.41, 5.74) is 3.93. The number of aromatic hydroxyl groups is 1. The topological polar surface area (TPSA) is 107 Å². The van der Waals surface area contributed by atoms with Crippen LogP contribution in [0.4, 0.5) is 0 Å². The number of carbonyl (C=O) groups is 1. The fraction of sp³-hybridized carbons (Fsp3) is 0.391. The van der Waals surface area contributed by atoms with Gasteiger partial charge in [0.1, 0.15) is 5.75 Å². The number of aromatic amines is 1. The molecule has 1 aliphatic rings. The molecular weight excluding hydrogens is 382 g/mol. The van der Waals surface area contributed by atoms with Gasteiger partial charge in [0, 0.05) is 41.3 Å². The summed E-state index contributed by atoms with van der Waals surface area (Å²) in [5, 5.41) is 24.6. The molecule has 0 saturated heterocycles. The van der Waals surface area contributed by atoms with Crippen LogP contribution in [0.2, 0.25) is 0 Å². The highest BCUT2D eigenvalue weighted by molar-refractivity contribution is 5.95. The zero-order valence-corrected chi connectivity index (χ0v) is 17.5. The lowest BCUT2D eigenvalue weighted by molar-refractivity contribution is 0.0691. The van der Waals surface area contributed by atoms with Gasteiger partial charge < -0.3 is 25.1 Å². The first-order valence-corrected chi connectivity index (χ1v) is 10.4. The summed E-state index contributed by atoms with van der Waals surface area (Å²) in [4.78, 5) is 26.7. The minimum Gasteiger partial charge on any atom is -0.506 e. The van der Waals surface area contributed by atoms with Crippen LogP contribution < -0.4 is 10.9 Å². The van der Waals surface area contributed by atoms with E-state index in [0.717, 1.165) is 54.4 Å². The first-order chi connectivity index (χ1) is 14.3. The molecule has 0 amide bonds. The number of fused-ring (bicyclic) bond motifs is 5. The zero-order valence-electron chi connectivity index (χ0n) is 17.5. The molecule has 1 unspecified atom stereocenters. The number of nitrogens with one attached hydrogen (secondary N) is 2. The molecule has 0 bridgehead atoms. The molecule has 1 atom stereocenters. The lowest BCUT2D eigenvalue weighted by Crippen LogP contribution is -2.20. The lowest BCUT2D eigenvalue weighted by atomic mass is 9.93. The number of benzene rings is 1. The minimum absolute atomic E-state index is 0.0909. The Morgan fingerprint density at radius 1 is 1.37 bits per heavy atom. The Labute approximate surface area is 174 Å². The monoisotopic (exact) mass is 409 g/mol. The Hall–Kier alpha value is -3.06. The quantitative estimate of drug-likeness (QED) is 0.483. The Balaban J connectivity index is 1.94. The van der Waals surface area contributed by atoms with Crippen LogP contribution in [-0.2, 0) is 20.0 Å². The molecule has 7 nitrogen and oxygen atoms in total. The van der Waals surface area contributed by atoms with Gasteiger partial charge in [-0.25, -0.2) is 4.79 Å². The van der Waals surface area contributed by atoms with Gasteiger partial charge in [0.15, 0.2) is 5.56 Å². The van der Waals surface area contributed by atoms with Crippen molar-refractivity contribution in [3.8, 4) is 17.0 Å². The number of rotatable bonds is 5. The average Bonchev–Trinajstić information content (AvgIpc) is 2.93. The normalized spacial score (nSPS) is 15.6. The summed E-state index contributed by atoms with van der Waals surface area (Å²) in [6, 6.07) is 6.18. The zero-order chi connectivity index (χ0) is 21.6. The van der Waals surface area contributed by atoms with Crippen molar-refractivity contribution in [2.24, 2.45) is 7.05 Å². The maximum Gasteiger partial charge on any atom is 0.345 e. The van der Waals surface area contributed by atoms with Gasteiger partial charge >= 0.3 is 5.97 Å². The van der Waals surface area contributed by atoms with Crippen molar-refractivity contribution in [1.29, 1.82) is 0 Å². The Morgan fingerprint density at radius 3 is 2.83 bits per heavy atom. The molecule has 0 saturated carbocycles. The molecule has 0 spiro atoms. The van der Waals surface area contributed by atoms with E-state index in [-0.39, 0.29) is 5.92 Å². The molecule has 0 fully saturated rings. The fourth-order valence-electron chi connectivity index (χ4n) is 4.59. The maximum absolute atomic E-state index is 12.4. The number of aryl methyl sites for hydroxylation is 2. The third kappa shape index (κ3) is 3.10. The van der Waals surface area contributed by atoms with Crippen molar-refractivity contribution in [2.45, 2.75) is 45.6 Å². The molecule has 4 rings (SSSR count). The number of hydrogen-bond donors (Lipinski definition) is 4. The molecule has 30 heavy (non-hydrogen) atoms. The van der Waals surface area contributed by atoms with Gasteiger partial charge in [-0.05, 0) is 49.4 Å². The van der Waals surface area contributed by atoms with E-state index in [2.05, 4.69) is 34.9 Å². The van der Waals surface area contributed by atoms with Crippen LogP contribution in [0.5, 0.6) is 5.75 Å². The Bertz CT molecular complexity index is 1210. The second-order valence-corrected chi connectivity index (χ2v) is 8.11. The molecular formula is C23H27N3O4. The average molecular weight is 409 g/mol. The number of carboxylic acid groups (broad SMARTS) is 1. The van der Waals surface area contributed by atoms with Gasteiger partial charge in [-0.15, -0.1) is 0 Å². The van der Waals surface area contributed by atoms with Crippen LogP contribution in [0.1, 0.15) is 59.8 Å². The number of hydrogen-bond acceptors (Lipinski definition) is 4. The second-order valence-electron chi connectivity index (χ2n) is 8.11. The number of aromatic carboxylic acids is 1. The summed E-state index contributed by atoms with van der Waals surface area (Å²) in [7, 11) is 2.05. The predicted molar refractivity (Wildman–Crippen MR) is 116 cm³/mol. The van der Waals surface area contributed by atoms with Crippen molar-refractivity contribution in [3.05, 3.63) is 50.9 Å². The van der Waals surface area contributed by atoms with E-state index in [1.165, 1.54) is 5.69 Å². The number of H-pyrrole nitrogens is 1. The smallest absolute Gasteiger partial charge is 0.345 e. The Kier molecular flexibility index (Phi) is 5.15. The molecule has 1 aliphatic carbocycles. The molecule has 158 valence electrons. The number of aromatic nitrogens is 2. The van der Waals surface area contributed by atoms with Gasteiger partial charge in [0.05, 0.1) is 5.69 Å². The molecule has 0 radical (unpaired) electrons. The van der Waals surface area contributed by atoms with Crippen molar-refractivity contribution < 1.29 is 15.0 Å². The van der Waals surface area contributed by atoms with Crippen LogP contribution >= 0.6 is 0 Å². The van der Waals surface area contributed by atoms with Crippen LogP contribution in [0, 0.1) is 0 Å². The molecule has 4 N–H and O–H groups in total. The van der Waals surface area contributed by atoms with E-state index in [1.54, 1.807) is 0 Å². The highest BCUT2D eigenvalue weighted by Crippen LogP contribution is 2.43. The summed E-state index contributed by atoms with van der Waals surface area (Å²) in [6.45, 7) is 5.83. The maximum atomic E-state index is 12.4. The lowest BCUT2D eigenvalue weighted by Gasteiger charge is -2.16. The van der Waals surface area contributed by atoms with Crippen molar-refractivity contribution in [3.63, 3.8) is 0 Å². The largest absolute Gasteiger partial charge is 0.506 e. The number of nitrogens with zero attached hydrogens (tertiary/aromatic N) is 1. The highest BCUT2D eigenvalue weighted by atomic mass is 16.4. The Morgan fingerprint density at radius 2 is 2.13 bits per heavy atom. The predicted octanol–water partition coefficient (Wildman–Crippen LogP) is 3.49. The van der Waals surface area contributed by atoms with Crippen molar-refractivity contribution in [2.75, 3.05) is 6.54 Å². The van der Waals surface area contributed by atoms with Gasteiger partial charge in [0.2, 0.25) is 0 Å². The van der Waals surface area contributed by atoms with Crippen LogP contribution in [-0.4, -0.2) is 32.3 Å². The molecule has 7 heteroatoms. The minimum atomic E-state index is -1.42. The van der Waals surface area contributed by atoms with E-state index in [1.807, 2.05) is 19.1 Å². The van der Waals surface area contributed by atoms with Gasteiger partial charge in [-0.1, -0.05) is 19.9 Å². The van der Waals surface area contributed by atoms with E-state index < -0.39 is 22.8 Å².